The normalized spacial score (nSPS) is 13.0. The molecule has 7 heteroatoms. The number of aliphatic carboxylic acids is 1. The Balaban J connectivity index is 4.30. The first kappa shape index (κ1) is 13.8. The molecule has 0 aromatic rings. The SMILES string of the molecule is C#CC(C)NC(=O)NC(CC(N)=O)C(=O)O. The van der Waals surface area contributed by atoms with Crippen molar-refractivity contribution in [1.82, 2.24) is 10.6 Å². The van der Waals surface area contributed by atoms with Gasteiger partial charge in [-0.2, -0.15) is 0 Å². The van der Waals surface area contributed by atoms with Crippen LogP contribution >= 0.6 is 0 Å². The summed E-state index contributed by atoms with van der Waals surface area (Å²) in [5.74, 6) is 0.0614. The van der Waals surface area contributed by atoms with E-state index in [0.29, 0.717) is 0 Å². The van der Waals surface area contributed by atoms with E-state index in [2.05, 4.69) is 16.6 Å². The number of nitrogens with two attached hydrogens (primary N) is 1. The maximum atomic E-state index is 11.2. The molecule has 2 unspecified atom stereocenters. The van der Waals surface area contributed by atoms with Gasteiger partial charge in [0, 0.05) is 0 Å². The second kappa shape index (κ2) is 6.29. The number of hydrogen-bond donors (Lipinski definition) is 4. The van der Waals surface area contributed by atoms with Crippen LogP contribution in [-0.2, 0) is 9.59 Å². The molecule has 3 amide bonds. The summed E-state index contributed by atoms with van der Waals surface area (Å²) in [6.07, 6.45) is 4.53. The van der Waals surface area contributed by atoms with Crippen molar-refractivity contribution >= 4 is 17.9 Å². The predicted octanol–water partition coefficient (Wildman–Crippen LogP) is -1.36. The van der Waals surface area contributed by atoms with Gasteiger partial charge < -0.3 is 21.5 Å². The standard InChI is InChI=1S/C9H13N3O4/c1-3-5(2)11-9(16)12-6(8(14)15)4-7(10)13/h1,5-6H,4H2,2H3,(H2,10,13)(H,14,15)(H2,11,12,16). The highest BCUT2D eigenvalue weighted by molar-refractivity contribution is 5.87. The van der Waals surface area contributed by atoms with Gasteiger partial charge in [0.25, 0.3) is 0 Å². The molecule has 7 nitrogen and oxygen atoms in total. The molecule has 0 radical (unpaired) electrons. The maximum Gasteiger partial charge on any atom is 0.326 e. The Hall–Kier alpha value is -2.23. The van der Waals surface area contributed by atoms with Gasteiger partial charge in [-0.1, -0.05) is 5.92 Å². The third-order valence-electron chi connectivity index (χ3n) is 1.61. The third-order valence-corrected chi connectivity index (χ3v) is 1.61. The number of amides is 3. The zero-order valence-electron chi connectivity index (χ0n) is 8.69. The molecule has 0 spiro atoms. The second-order valence-corrected chi connectivity index (χ2v) is 3.07. The average Bonchev–Trinajstić information content (AvgIpc) is 2.15. The van der Waals surface area contributed by atoms with Crippen molar-refractivity contribution in [2.24, 2.45) is 5.73 Å². The van der Waals surface area contributed by atoms with E-state index in [-0.39, 0.29) is 0 Å². The summed E-state index contributed by atoms with van der Waals surface area (Å²) in [7, 11) is 0. The Labute approximate surface area is 92.4 Å². The Bertz CT molecular complexity index is 334. The zero-order valence-corrected chi connectivity index (χ0v) is 8.69. The Kier molecular flexibility index (Phi) is 5.41. The average molecular weight is 227 g/mol. The minimum atomic E-state index is -1.36. The van der Waals surface area contributed by atoms with Crippen LogP contribution in [0.15, 0.2) is 0 Å². The van der Waals surface area contributed by atoms with Crippen molar-refractivity contribution in [2.75, 3.05) is 0 Å². The minimum absolute atomic E-state index is 0.479. The number of urea groups is 1. The van der Waals surface area contributed by atoms with Crippen molar-refractivity contribution in [3.8, 4) is 12.3 Å². The molecule has 16 heavy (non-hydrogen) atoms. The largest absolute Gasteiger partial charge is 0.480 e. The van der Waals surface area contributed by atoms with Gasteiger partial charge in [0.05, 0.1) is 12.5 Å². The first-order valence-electron chi connectivity index (χ1n) is 4.41. The van der Waals surface area contributed by atoms with Gasteiger partial charge in [-0.3, -0.25) is 4.79 Å². The number of rotatable bonds is 5. The van der Waals surface area contributed by atoms with Crippen molar-refractivity contribution in [2.45, 2.75) is 25.4 Å². The van der Waals surface area contributed by atoms with Gasteiger partial charge >= 0.3 is 12.0 Å². The number of carboxylic acids is 1. The van der Waals surface area contributed by atoms with Crippen LogP contribution in [0.4, 0.5) is 4.79 Å². The van der Waals surface area contributed by atoms with Crippen LogP contribution in [0.5, 0.6) is 0 Å². The summed E-state index contributed by atoms with van der Waals surface area (Å²) in [6.45, 7) is 1.55. The number of terminal acetylenes is 1. The molecule has 0 saturated heterocycles. The van der Waals surface area contributed by atoms with Crippen LogP contribution in [0.1, 0.15) is 13.3 Å². The number of hydrogen-bond acceptors (Lipinski definition) is 3. The molecule has 0 aliphatic rings. The number of carbonyl (C=O) groups excluding carboxylic acids is 2. The maximum absolute atomic E-state index is 11.2. The number of nitrogens with one attached hydrogen (secondary N) is 2. The molecule has 0 aliphatic carbocycles. The fraction of sp³-hybridized carbons (Fsp3) is 0.444. The molecule has 2 atom stereocenters. The van der Waals surface area contributed by atoms with Crippen molar-refractivity contribution < 1.29 is 19.5 Å². The number of carboxylic acid groups (broad SMARTS) is 1. The van der Waals surface area contributed by atoms with Gasteiger partial charge in [-0.05, 0) is 6.92 Å². The topological polar surface area (TPSA) is 122 Å². The van der Waals surface area contributed by atoms with E-state index in [1.807, 2.05) is 0 Å². The van der Waals surface area contributed by atoms with E-state index in [0.717, 1.165) is 0 Å². The number of carbonyl (C=O) groups is 3. The molecule has 0 saturated carbocycles. The van der Waals surface area contributed by atoms with E-state index >= 15 is 0 Å². The molecule has 0 aliphatic heterocycles. The second-order valence-electron chi connectivity index (χ2n) is 3.07. The van der Waals surface area contributed by atoms with Gasteiger partial charge in [-0.15, -0.1) is 6.42 Å². The lowest BCUT2D eigenvalue weighted by Gasteiger charge is -2.14. The fourth-order valence-corrected chi connectivity index (χ4v) is 0.839. The Morgan fingerprint density at radius 1 is 1.44 bits per heavy atom. The van der Waals surface area contributed by atoms with E-state index < -0.39 is 36.4 Å². The molecule has 5 N–H and O–H groups in total. The Morgan fingerprint density at radius 3 is 2.38 bits per heavy atom. The van der Waals surface area contributed by atoms with Crippen molar-refractivity contribution in [1.29, 1.82) is 0 Å². The lowest BCUT2D eigenvalue weighted by molar-refractivity contribution is -0.140. The summed E-state index contributed by atoms with van der Waals surface area (Å²) in [6, 6.07) is -2.66. The van der Waals surface area contributed by atoms with Crippen LogP contribution in [0.3, 0.4) is 0 Å². The quantitative estimate of drug-likeness (QED) is 0.433. The van der Waals surface area contributed by atoms with Crippen LogP contribution < -0.4 is 16.4 Å². The smallest absolute Gasteiger partial charge is 0.326 e. The van der Waals surface area contributed by atoms with Crippen molar-refractivity contribution in [3.05, 3.63) is 0 Å². The predicted molar refractivity (Wildman–Crippen MR) is 55.2 cm³/mol. The molecule has 0 rings (SSSR count). The van der Waals surface area contributed by atoms with E-state index in [1.54, 1.807) is 6.92 Å². The summed E-state index contributed by atoms with van der Waals surface area (Å²) in [5, 5.41) is 13.0. The van der Waals surface area contributed by atoms with Crippen LogP contribution in [0, 0.1) is 12.3 Å². The zero-order chi connectivity index (χ0) is 12.7. The minimum Gasteiger partial charge on any atom is -0.480 e. The van der Waals surface area contributed by atoms with E-state index in [1.165, 1.54) is 0 Å². The summed E-state index contributed by atoms with van der Waals surface area (Å²) < 4.78 is 0. The lowest BCUT2D eigenvalue weighted by atomic mass is 10.2. The summed E-state index contributed by atoms with van der Waals surface area (Å²) >= 11 is 0. The van der Waals surface area contributed by atoms with Crippen LogP contribution in [0.25, 0.3) is 0 Å². The monoisotopic (exact) mass is 227 g/mol. The van der Waals surface area contributed by atoms with Crippen LogP contribution in [-0.4, -0.2) is 35.1 Å². The number of primary amides is 1. The fourth-order valence-electron chi connectivity index (χ4n) is 0.839. The highest BCUT2D eigenvalue weighted by Crippen LogP contribution is 1.91. The highest BCUT2D eigenvalue weighted by Gasteiger charge is 2.22. The summed E-state index contributed by atoms with van der Waals surface area (Å²) in [5.41, 5.74) is 4.83. The molecule has 0 aromatic carbocycles. The van der Waals surface area contributed by atoms with Gasteiger partial charge in [-0.25, -0.2) is 9.59 Å². The molecular formula is C9H13N3O4. The van der Waals surface area contributed by atoms with Gasteiger partial charge in [0.1, 0.15) is 6.04 Å². The van der Waals surface area contributed by atoms with Crippen molar-refractivity contribution in [3.63, 3.8) is 0 Å². The van der Waals surface area contributed by atoms with E-state index in [4.69, 9.17) is 17.3 Å². The molecule has 0 aromatic heterocycles. The van der Waals surface area contributed by atoms with E-state index in [9.17, 15) is 14.4 Å². The summed E-state index contributed by atoms with van der Waals surface area (Å²) in [4.78, 5) is 32.3. The lowest BCUT2D eigenvalue weighted by Crippen LogP contribution is -2.49. The van der Waals surface area contributed by atoms with Gasteiger partial charge in [0.15, 0.2) is 0 Å². The Morgan fingerprint density at radius 2 is 2.00 bits per heavy atom. The third kappa shape index (κ3) is 5.49. The first-order chi connectivity index (χ1) is 7.36. The molecule has 0 heterocycles. The molecule has 0 bridgehead atoms. The van der Waals surface area contributed by atoms with Gasteiger partial charge in [0.2, 0.25) is 5.91 Å². The molecular weight excluding hydrogens is 214 g/mol. The molecule has 0 fully saturated rings. The first-order valence-corrected chi connectivity index (χ1v) is 4.41. The highest BCUT2D eigenvalue weighted by atomic mass is 16.4. The molecule has 88 valence electrons. The van der Waals surface area contributed by atoms with Crippen LogP contribution in [0.2, 0.25) is 0 Å².